The van der Waals surface area contributed by atoms with E-state index in [0.717, 1.165) is 19.3 Å². The molecule has 1 aliphatic rings. The minimum Gasteiger partial charge on any atom is -0.461 e. The molecule has 74 valence electrons. The monoisotopic (exact) mass is 182 g/mol. The number of carbonyl (C=O) groups excluding carboxylic acids is 1. The topological polar surface area (TPSA) is 26.3 Å². The van der Waals surface area contributed by atoms with E-state index in [4.69, 9.17) is 4.74 Å². The number of ether oxygens (including phenoxy) is 1. The molecule has 0 unspecified atom stereocenters. The molecule has 0 saturated heterocycles. The Morgan fingerprint density at radius 1 is 1.62 bits per heavy atom. The molecule has 2 nitrogen and oxygen atoms in total. The molecular weight excluding hydrogens is 164 g/mol. The third-order valence-corrected chi connectivity index (χ3v) is 3.07. The van der Waals surface area contributed by atoms with Gasteiger partial charge in [0.15, 0.2) is 0 Å². The molecule has 0 saturated carbocycles. The molecule has 0 amide bonds. The minimum absolute atomic E-state index is 0.235. The van der Waals surface area contributed by atoms with Gasteiger partial charge in [0.05, 0.1) is 0 Å². The summed E-state index contributed by atoms with van der Waals surface area (Å²) in [5, 5.41) is 0. The Morgan fingerprint density at radius 2 is 2.31 bits per heavy atom. The van der Waals surface area contributed by atoms with Crippen LogP contribution in [0.2, 0.25) is 0 Å². The second kappa shape index (κ2) is 3.95. The predicted molar refractivity (Wildman–Crippen MR) is 52.3 cm³/mol. The van der Waals surface area contributed by atoms with Crippen LogP contribution in [0.3, 0.4) is 0 Å². The maximum absolute atomic E-state index is 10.4. The zero-order chi connectivity index (χ0) is 9.90. The molecule has 0 spiro atoms. The van der Waals surface area contributed by atoms with Crippen LogP contribution in [0.25, 0.3) is 0 Å². The second-order valence-electron chi connectivity index (χ2n) is 4.19. The van der Waals surface area contributed by atoms with E-state index < -0.39 is 0 Å². The third kappa shape index (κ3) is 2.11. The second-order valence-corrected chi connectivity index (χ2v) is 4.19. The van der Waals surface area contributed by atoms with Crippen LogP contribution in [0.15, 0.2) is 11.6 Å². The summed E-state index contributed by atoms with van der Waals surface area (Å²) in [5.74, 6) is 0.391. The van der Waals surface area contributed by atoms with E-state index in [1.54, 1.807) is 0 Å². The maximum Gasteiger partial charge on any atom is 0.293 e. The molecule has 0 N–H and O–H groups in total. The minimum atomic E-state index is -0.235. The van der Waals surface area contributed by atoms with Gasteiger partial charge in [-0.1, -0.05) is 25.5 Å². The van der Waals surface area contributed by atoms with Gasteiger partial charge in [-0.15, -0.1) is 0 Å². The first-order chi connectivity index (χ1) is 6.10. The molecule has 1 atom stereocenters. The lowest BCUT2D eigenvalue weighted by molar-refractivity contribution is -0.150. The number of carbonyl (C=O) groups is 1. The van der Waals surface area contributed by atoms with Crippen molar-refractivity contribution in [3.8, 4) is 0 Å². The largest absolute Gasteiger partial charge is 0.461 e. The zero-order valence-corrected chi connectivity index (χ0v) is 8.67. The van der Waals surface area contributed by atoms with Crippen molar-refractivity contribution in [1.29, 1.82) is 0 Å². The van der Waals surface area contributed by atoms with E-state index in [1.807, 2.05) is 0 Å². The van der Waals surface area contributed by atoms with E-state index >= 15 is 0 Å². The molecule has 1 rings (SSSR count). The Hall–Kier alpha value is -0.790. The van der Waals surface area contributed by atoms with Crippen LogP contribution < -0.4 is 0 Å². The highest BCUT2D eigenvalue weighted by Gasteiger charge is 2.36. The molecular formula is C11H18O2. The van der Waals surface area contributed by atoms with Crippen molar-refractivity contribution in [2.24, 2.45) is 5.92 Å². The Labute approximate surface area is 80.0 Å². The first-order valence-electron chi connectivity index (χ1n) is 4.88. The van der Waals surface area contributed by atoms with Gasteiger partial charge in [0.2, 0.25) is 0 Å². The molecule has 13 heavy (non-hydrogen) atoms. The van der Waals surface area contributed by atoms with Crippen molar-refractivity contribution in [1.82, 2.24) is 0 Å². The first-order valence-corrected chi connectivity index (χ1v) is 4.88. The van der Waals surface area contributed by atoms with Gasteiger partial charge in [-0.2, -0.15) is 0 Å². The van der Waals surface area contributed by atoms with Crippen LogP contribution in [0.4, 0.5) is 0 Å². The van der Waals surface area contributed by atoms with Crippen molar-refractivity contribution in [3.63, 3.8) is 0 Å². The Balaban J connectivity index is 2.75. The van der Waals surface area contributed by atoms with Crippen LogP contribution in [0, 0.1) is 5.92 Å². The van der Waals surface area contributed by atoms with Crippen LogP contribution >= 0.6 is 0 Å². The third-order valence-electron chi connectivity index (χ3n) is 3.07. The number of allylic oxidation sites excluding steroid dienone is 1. The van der Waals surface area contributed by atoms with Crippen molar-refractivity contribution in [3.05, 3.63) is 11.6 Å². The van der Waals surface area contributed by atoms with E-state index in [-0.39, 0.29) is 5.60 Å². The van der Waals surface area contributed by atoms with Crippen LogP contribution in [0.1, 0.15) is 40.0 Å². The molecule has 0 aromatic heterocycles. The Morgan fingerprint density at radius 3 is 2.69 bits per heavy atom. The first kappa shape index (κ1) is 10.3. The van der Waals surface area contributed by atoms with E-state index in [0.29, 0.717) is 12.4 Å². The normalized spacial score (nSPS) is 28.5. The highest BCUT2D eigenvalue weighted by atomic mass is 16.5. The van der Waals surface area contributed by atoms with Gasteiger partial charge in [0, 0.05) is 6.42 Å². The van der Waals surface area contributed by atoms with Gasteiger partial charge >= 0.3 is 0 Å². The lowest BCUT2D eigenvalue weighted by Gasteiger charge is -2.37. The SMILES string of the molecule is CC1=CC[C@](OC=O)(C(C)C)CC1. The summed E-state index contributed by atoms with van der Waals surface area (Å²) >= 11 is 0. The molecule has 0 heterocycles. The van der Waals surface area contributed by atoms with Gasteiger partial charge in [0.1, 0.15) is 5.60 Å². The van der Waals surface area contributed by atoms with Crippen molar-refractivity contribution >= 4 is 6.47 Å². The van der Waals surface area contributed by atoms with Gasteiger partial charge < -0.3 is 4.74 Å². The van der Waals surface area contributed by atoms with Crippen molar-refractivity contribution in [2.45, 2.75) is 45.6 Å². The van der Waals surface area contributed by atoms with Crippen LogP contribution in [-0.4, -0.2) is 12.1 Å². The lowest BCUT2D eigenvalue weighted by atomic mass is 9.78. The Bertz CT molecular complexity index is 218. The molecule has 0 aliphatic heterocycles. The fraction of sp³-hybridized carbons (Fsp3) is 0.727. The fourth-order valence-electron chi connectivity index (χ4n) is 1.82. The average molecular weight is 182 g/mol. The highest BCUT2D eigenvalue weighted by Crippen LogP contribution is 2.36. The van der Waals surface area contributed by atoms with Gasteiger partial charge in [-0.3, -0.25) is 4.79 Å². The van der Waals surface area contributed by atoms with Crippen molar-refractivity contribution in [2.75, 3.05) is 0 Å². The van der Waals surface area contributed by atoms with Gasteiger partial charge in [0.25, 0.3) is 6.47 Å². The summed E-state index contributed by atoms with van der Waals surface area (Å²) in [7, 11) is 0. The molecule has 0 aromatic carbocycles. The van der Waals surface area contributed by atoms with E-state index in [1.165, 1.54) is 5.57 Å². The number of hydrogen-bond acceptors (Lipinski definition) is 2. The summed E-state index contributed by atoms with van der Waals surface area (Å²) in [4.78, 5) is 10.4. The molecule has 0 aromatic rings. The molecule has 0 fully saturated rings. The average Bonchev–Trinajstić information content (AvgIpc) is 2.09. The highest BCUT2D eigenvalue weighted by molar-refractivity contribution is 5.39. The van der Waals surface area contributed by atoms with Crippen LogP contribution in [-0.2, 0) is 9.53 Å². The summed E-state index contributed by atoms with van der Waals surface area (Å²) in [6.07, 6.45) is 5.07. The maximum atomic E-state index is 10.4. The number of hydrogen-bond donors (Lipinski definition) is 0. The molecule has 2 heteroatoms. The summed E-state index contributed by atoms with van der Waals surface area (Å²) < 4.78 is 5.26. The molecule has 0 radical (unpaired) electrons. The summed E-state index contributed by atoms with van der Waals surface area (Å²) in [6, 6.07) is 0. The Kier molecular flexibility index (Phi) is 3.12. The van der Waals surface area contributed by atoms with Gasteiger partial charge in [-0.25, -0.2) is 0 Å². The van der Waals surface area contributed by atoms with E-state index in [2.05, 4.69) is 26.8 Å². The molecule has 1 aliphatic carbocycles. The summed E-state index contributed by atoms with van der Waals surface area (Å²) in [5.41, 5.74) is 1.17. The number of rotatable bonds is 3. The fourth-order valence-corrected chi connectivity index (χ4v) is 1.82. The van der Waals surface area contributed by atoms with E-state index in [9.17, 15) is 4.79 Å². The quantitative estimate of drug-likeness (QED) is 0.495. The van der Waals surface area contributed by atoms with Crippen LogP contribution in [0.5, 0.6) is 0 Å². The van der Waals surface area contributed by atoms with Gasteiger partial charge in [-0.05, 0) is 25.7 Å². The zero-order valence-electron chi connectivity index (χ0n) is 8.67. The standard InChI is InChI=1S/C11H18O2/c1-9(2)11(13-8-12)6-4-10(3)5-7-11/h4,8-9H,5-7H2,1-3H3/t11-/m1/s1. The predicted octanol–water partition coefficient (Wildman–Crippen LogP) is 2.68. The summed E-state index contributed by atoms with van der Waals surface area (Å²) in [6.45, 7) is 6.94. The molecule has 0 bridgehead atoms. The van der Waals surface area contributed by atoms with Crippen molar-refractivity contribution < 1.29 is 9.53 Å². The lowest BCUT2D eigenvalue weighted by Crippen LogP contribution is -2.39. The smallest absolute Gasteiger partial charge is 0.293 e.